The van der Waals surface area contributed by atoms with Gasteiger partial charge in [-0.1, -0.05) is 0 Å². The maximum Gasteiger partial charge on any atom is 0.169 e. The topological polar surface area (TPSA) is 30.2 Å². The first-order valence-corrected chi connectivity index (χ1v) is 3.80. The molecule has 0 aliphatic carbocycles. The monoisotopic (exact) mass is 202 g/mol. The van der Waals surface area contributed by atoms with Crippen LogP contribution in [0.25, 0.3) is 0 Å². The summed E-state index contributed by atoms with van der Waals surface area (Å²) in [6.07, 6.45) is 2.10. The Kier molecular flexibility index (Phi) is 2.68. The van der Waals surface area contributed by atoms with Gasteiger partial charge in [0.05, 0.1) is 0 Å². The van der Waals surface area contributed by atoms with E-state index in [0.29, 0.717) is 17.5 Å². The lowest BCUT2D eigenvalue weighted by Crippen LogP contribution is -1.80. The molecule has 10 heavy (non-hydrogen) atoms. The third-order valence-corrected chi connectivity index (χ3v) is 1.56. The molecule has 0 N–H and O–H groups in total. The Morgan fingerprint density at radius 3 is 2.90 bits per heavy atom. The Morgan fingerprint density at radius 1 is 1.60 bits per heavy atom. The summed E-state index contributed by atoms with van der Waals surface area (Å²) in [5.74, 6) is 0.846. The molecule has 1 aromatic heterocycles. The number of aldehydes is 1. The maximum absolute atomic E-state index is 9.93. The quantitative estimate of drug-likeness (QED) is 0.704. The van der Waals surface area contributed by atoms with Crippen LogP contribution in [0.15, 0.2) is 21.2 Å². The molecule has 0 radical (unpaired) electrons. The molecule has 0 saturated carbocycles. The number of carbonyl (C=O) groups excluding carboxylic acids is 1. The third kappa shape index (κ3) is 1.99. The van der Waals surface area contributed by atoms with Gasteiger partial charge in [-0.25, -0.2) is 0 Å². The number of hydrogen-bond acceptors (Lipinski definition) is 2. The van der Waals surface area contributed by atoms with Crippen molar-refractivity contribution in [3.8, 4) is 0 Å². The van der Waals surface area contributed by atoms with Crippen molar-refractivity contribution < 1.29 is 9.21 Å². The molecule has 0 aliphatic heterocycles. The fourth-order valence-corrected chi connectivity index (χ4v) is 1.03. The molecular weight excluding hydrogens is 196 g/mol. The Hall–Kier alpha value is -0.570. The number of rotatable bonds is 3. The molecule has 0 atom stereocenters. The van der Waals surface area contributed by atoms with Gasteiger partial charge in [-0.3, -0.25) is 0 Å². The number of aryl methyl sites for hydroxylation is 1. The van der Waals surface area contributed by atoms with E-state index < -0.39 is 0 Å². The average Bonchev–Trinajstić information content (AvgIpc) is 2.31. The molecule has 0 unspecified atom stereocenters. The van der Waals surface area contributed by atoms with Crippen molar-refractivity contribution in [3.63, 3.8) is 0 Å². The van der Waals surface area contributed by atoms with E-state index in [-0.39, 0.29) is 0 Å². The van der Waals surface area contributed by atoms with E-state index >= 15 is 0 Å². The molecule has 0 fully saturated rings. The van der Waals surface area contributed by atoms with Crippen molar-refractivity contribution in [1.29, 1.82) is 0 Å². The van der Waals surface area contributed by atoms with Crippen LogP contribution in [0.4, 0.5) is 0 Å². The fraction of sp³-hybridized carbons (Fsp3) is 0.286. The molecule has 0 saturated heterocycles. The first-order valence-electron chi connectivity index (χ1n) is 3.01. The Morgan fingerprint density at radius 2 is 2.40 bits per heavy atom. The lowest BCUT2D eigenvalue weighted by atomic mass is 10.3. The Balaban J connectivity index is 2.49. The maximum atomic E-state index is 9.93. The lowest BCUT2D eigenvalue weighted by Gasteiger charge is -1.86. The number of carbonyl (C=O) groups is 1. The Bertz CT molecular complexity index is 217. The summed E-state index contributed by atoms with van der Waals surface area (Å²) in [6.45, 7) is 0. The molecule has 1 heterocycles. The summed E-state index contributed by atoms with van der Waals surface area (Å²) in [7, 11) is 0. The number of furan rings is 1. The van der Waals surface area contributed by atoms with Crippen LogP contribution in [0, 0.1) is 0 Å². The zero-order valence-corrected chi connectivity index (χ0v) is 6.93. The third-order valence-electron chi connectivity index (χ3n) is 1.14. The second-order valence-corrected chi connectivity index (χ2v) is 2.69. The minimum absolute atomic E-state index is 0.528. The second-order valence-electron chi connectivity index (χ2n) is 1.91. The molecule has 54 valence electrons. The highest BCUT2D eigenvalue weighted by molar-refractivity contribution is 9.10. The minimum Gasteiger partial charge on any atom is -0.454 e. The van der Waals surface area contributed by atoms with Crippen LogP contribution < -0.4 is 0 Å². The summed E-state index contributed by atoms with van der Waals surface area (Å²) in [6, 6.07) is 3.67. The van der Waals surface area contributed by atoms with Gasteiger partial charge < -0.3 is 9.21 Å². The van der Waals surface area contributed by atoms with Crippen LogP contribution in [0.2, 0.25) is 0 Å². The van der Waals surface area contributed by atoms with Gasteiger partial charge in [0.2, 0.25) is 0 Å². The minimum atomic E-state index is 0.528. The second kappa shape index (κ2) is 3.56. The van der Waals surface area contributed by atoms with Crippen LogP contribution in [-0.2, 0) is 11.2 Å². The van der Waals surface area contributed by atoms with E-state index in [0.717, 1.165) is 12.0 Å². The first-order chi connectivity index (χ1) is 4.83. The molecule has 0 amide bonds. The lowest BCUT2D eigenvalue weighted by molar-refractivity contribution is -0.107. The molecule has 2 nitrogen and oxygen atoms in total. The zero-order chi connectivity index (χ0) is 7.40. The van der Waals surface area contributed by atoms with E-state index in [2.05, 4.69) is 15.9 Å². The van der Waals surface area contributed by atoms with Gasteiger partial charge in [-0.15, -0.1) is 0 Å². The van der Waals surface area contributed by atoms with E-state index in [1.807, 2.05) is 12.1 Å². The first kappa shape index (κ1) is 7.54. The SMILES string of the molecule is O=CCCc1ccc(Br)o1. The molecule has 1 aromatic rings. The average molecular weight is 203 g/mol. The van der Waals surface area contributed by atoms with Gasteiger partial charge in [0.25, 0.3) is 0 Å². The molecular formula is C7H7BrO2. The van der Waals surface area contributed by atoms with Gasteiger partial charge >= 0.3 is 0 Å². The van der Waals surface area contributed by atoms with Gasteiger partial charge in [0.15, 0.2) is 4.67 Å². The van der Waals surface area contributed by atoms with Crippen LogP contribution in [0.1, 0.15) is 12.2 Å². The summed E-state index contributed by atoms with van der Waals surface area (Å²) in [5.41, 5.74) is 0. The highest BCUT2D eigenvalue weighted by Crippen LogP contribution is 2.14. The fourth-order valence-electron chi connectivity index (χ4n) is 0.687. The molecule has 1 rings (SSSR count). The van der Waals surface area contributed by atoms with Crippen molar-refractivity contribution in [2.24, 2.45) is 0 Å². The largest absolute Gasteiger partial charge is 0.454 e. The number of hydrogen-bond donors (Lipinski definition) is 0. The summed E-state index contributed by atoms with van der Waals surface area (Å²) < 4.78 is 5.86. The molecule has 0 aromatic carbocycles. The Labute approximate surface area is 67.3 Å². The predicted octanol–water partition coefficient (Wildman–Crippen LogP) is 2.17. The van der Waals surface area contributed by atoms with Gasteiger partial charge in [-0.2, -0.15) is 0 Å². The van der Waals surface area contributed by atoms with E-state index in [9.17, 15) is 4.79 Å². The normalized spacial score (nSPS) is 9.70. The molecule has 3 heteroatoms. The number of halogens is 1. The molecule has 0 aliphatic rings. The molecule has 0 spiro atoms. The van der Waals surface area contributed by atoms with E-state index in [1.165, 1.54) is 0 Å². The summed E-state index contributed by atoms with van der Waals surface area (Å²) in [5, 5.41) is 0. The standard InChI is InChI=1S/C7H7BrO2/c8-7-4-3-6(10-7)2-1-5-9/h3-5H,1-2H2. The van der Waals surface area contributed by atoms with Crippen LogP contribution >= 0.6 is 15.9 Å². The summed E-state index contributed by atoms with van der Waals surface area (Å²) in [4.78, 5) is 9.93. The van der Waals surface area contributed by atoms with Gasteiger partial charge in [-0.05, 0) is 28.1 Å². The van der Waals surface area contributed by atoms with Crippen LogP contribution in [0.3, 0.4) is 0 Å². The van der Waals surface area contributed by atoms with Gasteiger partial charge in [0, 0.05) is 12.8 Å². The molecule has 0 bridgehead atoms. The van der Waals surface area contributed by atoms with Crippen molar-refractivity contribution in [2.45, 2.75) is 12.8 Å². The van der Waals surface area contributed by atoms with Crippen molar-refractivity contribution in [1.82, 2.24) is 0 Å². The predicted molar refractivity (Wildman–Crippen MR) is 40.8 cm³/mol. The van der Waals surface area contributed by atoms with E-state index in [1.54, 1.807) is 0 Å². The zero-order valence-electron chi connectivity index (χ0n) is 5.34. The van der Waals surface area contributed by atoms with Crippen LogP contribution in [-0.4, -0.2) is 6.29 Å². The van der Waals surface area contributed by atoms with Crippen molar-refractivity contribution in [2.75, 3.05) is 0 Å². The van der Waals surface area contributed by atoms with E-state index in [4.69, 9.17) is 4.42 Å². The highest BCUT2D eigenvalue weighted by Gasteiger charge is 1.96. The summed E-state index contributed by atoms with van der Waals surface area (Å²) >= 11 is 3.17. The van der Waals surface area contributed by atoms with Crippen LogP contribution in [0.5, 0.6) is 0 Å². The van der Waals surface area contributed by atoms with Crippen molar-refractivity contribution in [3.05, 3.63) is 22.6 Å². The highest BCUT2D eigenvalue weighted by atomic mass is 79.9. The van der Waals surface area contributed by atoms with Crippen molar-refractivity contribution >= 4 is 22.2 Å². The van der Waals surface area contributed by atoms with Gasteiger partial charge in [0.1, 0.15) is 12.0 Å². The smallest absolute Gasteiger partial charge is 0.169 e.